The Balaban J connectivity index is 1.50. The molecule has 2 aliphatic rings. The largest absolute Gasteiger partial charge is 0.369 e. The number of hydrogen-bond donors (Lipinski definition) is 2. The van der Waals surface area contributed by atoms with Crippen molar-refractivity contribution in [1.82, 2.24) is 19.9 Å². The number of nitrogens with two attached hydrogens (primary N) is 1. The number of aromatic amines is 1. The maximum absolute atomic E-state index is 11.6. The Morgan fingerprint density at radius 2 is 1.56 bits per heavy atom. The van der Waals surface area contributed by atoms with Gasteiger partial charge in [0, 0.05) is 57.1 Å². The van der Waals surface area contributed by atoms with Crippen molar-refractivity contribution >= 4 is 23.5 Å². The topological polar surface area (TPSA) is 107 Å². The molecule has 0 saturated carbocycles. The van der Waals surface area contributed by atoms with Crippen LogP contribution in [-0.4, -0.2) is 59.2 Å². The van der Waals surface area contributed by atoms with E-state index in [1.165, 1.54) is 18.9 Å². The number of H-pyrrole nitrogens is 1. The van der Waals surface area contributed by atoms with Gasteiger partial charge < -0.3 is 20.4 Å². The molecule has 0 unspecified atom stereocenters. The second-order valence-electron chi connectivity index (χ2n) is 7.03. The third-order valence-corrected chi connectivity index (χ3v) is 5.18. The Bertz CT molecular complexity index is 853. The van der Waals surface area contributed by atoms with Gasteiger partial charge in [-0.15, -0.1) is 0 Å². The van der Waals surface area contributed by atoms with Gasteiger partial charge in [-0.3, -0.25) is 9.78 Å². The smallest absolute Gasteiger partial charge is 0.254 e. The standard InChI is InChI=1S/C18H26N8O/c1-2-13-11-14(22-18(20-13)26-5-3-4-6-26)24-7-9-25(10-8-24)15-12-16(27)23-17(19)21-15/h11-12H,2-10H2,1H3,(H3,19,21,23,27). The molecule has 9 heteroatoms. The molecule has 0 radical (unpaired) electrons. The average Bonchev–Trinajstić information content (AvgIpc) is 3.22. The van der Waals surface area contributed by atoms with Crippen LogP contribution in [0.15, 0.2) is 16.9 Å². The quantitative estimate of drug-likeness (QED) is 0.807. The van der Waals surface area contributed by atoms with Crippen LogP contribution in [0, 0.1) is 0 Å². The monoisotopic (exact) mass is 370 g/mol. The Morgan fingerprint density at radius 3 is 2.15 bits per heavy atom. The number of rotatable bonds is 4. The molecule has 2 fully saturated rings. The zero-order valence-electron chi connectivity index (χ0n) is 15.7. The predicted octanol–water partition coefficient (Wildman–Crippen LogP) is 0.631. The van der Waals surface area contributed by atoms with E-state index in [9.17, 15) is 4.79 Å². The van der Waals surface area contributed by atoms with Crippen LogP contribution in [-0.2, 0) is 6.42 Å². The summed E-state index contributed by atoms with van der Waals surface area (Å²) in [6, 6.07) is 3.59. The molecule has 27 heavy (non-hydrogen) atoms. The molecule has 2 aromatic rings. The summed E-state index contributed by atoms with van der Waals surface area (Å²) in [4.78, 5) is 34.6. The molecule has 9 nitrogen and oxygen atoms in total. The van der Waals surface area contributed by atoms with Gasteiger partial charge in [0.15, 0.2) is 0 Å². The molecule has 0 atom stereocenters. The lowest BCUT2D eigenvalue weighted by Crippen LogP contribution is -2.47. The van der Waals surface area contributed by atoms with E-state index >= 15 is 0 Å². The molecule has 3 N–H and O–H groups in total. The lowest BCUT2D eigenvalue weighted by molar-refractivity contribution is 0.639. The van der Waals surface area contributed by atoms with E-state index in [-0.39, 0.29) is 11.5 Å². The summed E-state index contributed by atoms with van der Waals surface area (Å²) < 4.78 is 0. The van der Waals surface area contributed by atoms with E-state index in [0.717, 1.165) is 63.1 Å². The summed E-state index contributed by atoms with van der Waals surface area (Å²) in [6.07, 6.45) is 3.31. The van der Waals surface area contributed by atoms with Crippen molar-refractivity contribution in [3.63, 3.8) is 0 Å². The number of piperazine rings is 1. The second-order valence-corrected chi connectivity index (χ2v) is 7.03. The average molecular weight is 370 g/mol. The lowest BCUT2D eigenvalue weighted by Gasteiger charge is -2.36. The van der Waals surface area contributed by atoms with Crippen LogP contribution in [0.4, 0.5) is 23.5 Å². The molecular weight excluding hydrogens is 344 g/mol. The number of nitrogens with one attached hydrogen (secondary N) is 1. The van der Waals surface area contributed by atoms with E-state index in [2.05, 4.69) is 37.7 Å². The third-order valence-electron chi connectivity index (χ3n) is 5.18. The molecule has 0 aromatic carbocycles. The highest BCUT2D eigenvalue weighted by Crippen LogP contribution is 2.23. The summed E-state index contributed by atoms with van der Waals surface area (Å²) in [5.41, 5.74) is 6.52. The first kappa shape index (κ1) is 17.6. The number of aryl methyl sites for hydroxylation is 1. The highest BCUT2D eigenvalue weighted by molar-refractivity contribution is 5.49. The lowest BCUT2D eigenvalue weighted by atomic mass is 10.2. The molecular formula is C18H26N8O. The van der Waals surface area contributed by atoms with E-state index in [1.807, 2.05) is 0 Å². The van der Waals surface area contributed by atoms with Gasteiger partial charge in [-0.1, -0.05) is 6.92 Å². The fraction of sp³-hybridized carbons (Fsp3) is 0.556. The van der Waals surface area contributed by atoms with E-state index in [1.54, 1.807) is 0 Å². The molecule has 0 bridgehead atoms. The van der Waals surface area contributed by atoms with Gasteiger partial charge in [0.25, 0.3) is 5.56 Å². The predicted molar refractivity (Wildman–Crippen MR) is 107 cm³/mol. The Hall–Kier alpha value is -2.84. The van der Waals surface area contributed by atoms with E-state index < -0.39 is 0 Å². The second kappa shape index (κ2) is 7.42. The fourth-order valence-electron chi connectivity index (χ4n) is 3.66. The van der Waals surface area contributed by atoms with Crippen molar-refractivity contribution in [2.45, 2.75) is 26.2 Å². The Labute approximate surface area is 158 Å². The molecule has 4 rings (SSSR count). The van der Waals surface area contributed by atoms with Crippen molar-refractivity contribution in [2.24, 2.45) is 0 Å². The number of nitrogen functional groups attached to an aromatic ring is 1. The van der Waals surface area contributed by atoms with Crippen LogP contribution in [0.25, 0.3) is 0 Å². The minimum atomic E-state index is -0.224. The molecule has 2 saturated heterocycles. The van der Waals surface area contributed by atoms with Gasteiger partial charge in [-0.25, -0.2) is 4.98 Å². The van der Waals surface area contributed by atoms with Crippen molar-refractivity contribution in [3.05, 3.63) is 28.2 Å². The molecule has 0 spiro atoms. The number of nitrogens with zero attached hydrogens (tertiary/aromatic N) is 6. The van der Waals surface area contributed by atoms with E-state index in [0.29, 0.717) is 5.82 Å². The van der Waals surface area contributed by atoms with Crippen LogP contribution in [0.3, 0.4) is 0 Å². The fourth-order valence-corrected chi connectivity index (χ4v) is 3.66. The summed E-state index contributed by atoms with van der Waals surface area (Å²) in [7, 11) is 0. The van der Waals surface area contributed by atoms with Gasteiger partial charge in [-0.05, 0) is 19.3 Å². The molecule has 0 aliphatic carbocycles. The molecule has 0 amide bonds. The van der Waals surface area contributed by atoms with Crippen molar-refractivity contribution in [1.29, 1.82) is 0 Å². The van der Waals surface area contributed by atoms with Gasteiger partial charge in [0.1, 0.15) is 11.6 Å². The zero-order chi connectivity index (χ0) is 18.8. The number of anilines is 4. The third kappa shape index (κ3) is 3.81. The van der Waals surface area contributed by atoms with Crippen LogP contribution < -0.4 is 26.0 Å². The maximum Gasteiger partial charge on any atom is 0.254 e. The first-order valence-corrected chi connectivity index (χ1v) is 9.62. The highest BCUT2D eigenvalue weighted by Gasteiger charge is 2.22. The van der Waals surface area contributed by atoms with Crippen LogP contribution in [0.2, 0.25) is 0 Å². The van der Waals surface area contributed by atoms with Crippen molar-refractivity contribution < 1.29 is 0 Å². The summed E-state index contributed by atoms with van der Waals surface area (Å²) in [5.74, 6) is 2.62. The first-order valence-electron chi connectivity index (χ1n) is 9.62. The first-order chi connectivity index (χ1) is 13.1. The number of hydrogen-bond acceptors (Lipinski definition) is 8. The van der Waals surface area contributed by atoms with Crippen molar-refractivity contribution in [2.75, 3.05) is 59.7 Å². The minimum absolute atomic E-state index is 0.151. The normalized spacial score (nSPS) is 17.6. The van der Waals surface area contributed by atoms with Gasteiger partial charge in [0.05, 0.1) is 0 Å². The summed E-state index contributed by atoms with van der Waals surface area (Å²) in [6.45, 7) is 7.36. The highest BCUT2D eigenvalue weighted by atomic mass is 16.1. The zero-order valence-corrected chi connectivity index (χ0v) is 15.7. The SMILES string of the molecule is CCc1cc(N2CCN(c3cc(=O)[nH]c(N)n3)CC2)nc(N2CCCC2)n1. The molecule has 4 heterocycles. The van der Waals surface area contributed by atoms with Crippen LogP contribution in [0.5, 0.6) is 0 Å². The maximum atomic E-state index is 11.6. The molecule has 144 valence electrons. The minimum Gasteiger partial charge on any atom is -0.369 e. The summed E-state index contributed by atoms with van der Waals surface area (Å²) >= 11 is 0. The van der Waals surface area contributed by atoms with Crippen LogP contribution >= 0.6 is 0 Å². The van der Waals surface area contributed by atoms with Crippen LogP contribution in [0.1, 0.15) is 25.5 Å². The van der Waals surface area contributed by atoms with Gasteiger partial charge >= 0.3 is 0 Å². The summed E-state index contributed by atoms with van der Waals surface area (Å²) in [5, 5.41) is 0. The van der Waals surface area contributed by atoms with E-state index in [4.69, 9.17) is 15.7 Å². The van der Waals surface area contributed by atoms with Crippen molar-refractivity contribution in [3.8, 4) is 0 Å². The van der Waals surface area contributed by atoms with Gasteiger partial charge in [0.2, 0.25) is 11.9 Å². The van der Waals surface area contributed by atoms with Gasteiger partial charge in [-0.2, -0.15) is 9.97 Å². The molecule has 2 aromatic heterocycles. The Morgan fingerprint density at radius 1 is 0.926 bits per heavy atom. The number of aromatic nitrogens is 4. The molecule has 2 aliphatic heterocycles. The Kier molecular flexibility index (Phi) is 4.83.